The maximum atomic E-state index is 14.1. The zero-order valence-electron chi connectivity index (χ0n) is 11.4. The van der Waals surface area contributed by atoms with E-state index in [4.69, 9.17) is 0 Å². The van der Waals surface area contributed by atoms with E-state index in [0.717, 1.165) is 0 Å². The largest absolute Gasteiger partial charge is 0.389 e. The van der Waals surface area contributed by atoms with E-state index in [-0.39, 0.29) is 6.42 Å². The molecule has 21 heavy (non-hydrogen) atoms. The van der Waals surface area contributed by atoms with Gasteiger partial charge in [0.05, 0.1) is 0 Å². The van der Waals surface area contributed by atoms with Crippen LogP contribution < -0.4 is 5.32 Å². The number of hydrogen-bond donors (Lipinski definition) is 1. The second kappa shape index (κ2) is 7.07. The van der Waals surface area contributed by atoms with Gasteiger partial charge in [-0.2, -0.15) is 13.2 Å². The Morgan fingerprint density at radius 3 is 2.48 bits per heavy atom. The zero-order chi connectivity index (χ0) is 15.5. The molecule has 0 radical (unpaired) electrons. The molecule has 0 amide bonds. The Morgan fingerprint density at radius 1 is 1.24 bits per heavy atom. The molecule has 1 aliphatic rings. The molecular weight excluding hydrogens is 352 g/mol. The summed E-state index contributed by atoms with van der Waals surface area (Å²) in [5.41, 5.74) is 0.337. The van der Waals surface area contributed by atoms with E-state index >= 15 is 0 Å². The number of piperazine rings is 1. The lowest BCUT2D eigenvalue weighted by molar-refractivity contribution is -0.138. The molecule has 1 heterocycles. The Bertz CT molecular complexity index is 473. The summed E-state index contributed by atoms with van der Waals surface area (Å²) in [6.07, 6.45) is -5.25. The van der Waals surface area contributed by atoms with Crippen LogP contribution in [-0.4, -0.2) is 37.3 Å². The third-order valence-corrected chi connectivity index (χ3v) is 4.11. The molecule has 118 valence electrons. The van der Waals surface area contributed by atoms with Crippen LogP contribution in [0.1, 0.15) is 24.4 Å². The van der Waals surface area contributed by atoms with E-state index in [9.17, 15) is 17.6 Å². The minimum Gasteiger partial charge on any atom is -0.314 e. The first-order valence-electron chi connectivity index (χ1n) is 6.83. The predicted molar refractivity (Wildman–Crippen MR) is 76.6 cm³/mol. The number of nitrogens with one attached hydrogen (secondary N) is 1. The standard InChI is InChI=1S/C14H17BrF4N2/c15-10-1-2-11(12(16)9-10)13(3-4-14(17,18)19)21-7-5-20-6-8-21/h1-2,9,13,20H,3-8H2/t13-/m1/s1. The van der Waals surface area contributed by atoms with Gasteiger partial charge in [0, 0.05) is 48.7 Å². The number of hydrogen-bond acceptors (Lipinski definition) is 2. The van der Waals surface area contributed by atoms with Gasteiger partial charge in [0.25, 0.3) is 0 Å². The molecular formula is C14H17BrF4N2. The van der Waals surface area contributed by atoms with Crippen molar-refractivity contribution in [1.82, 2.24) is 10.2 Å². The van der Waals surface area contributed by atoms with Gasteiger partial charge in [-0.25, -0.2) is 4.39 Å². The lowest BCUT2D eigenvalue weighted by Gasteiger charge is -2.35. The van der Waals surface area contributed by atoms with E-state index in [1.54, 1.807) is 12.1 Å². The van der Waals surface area contributed by atoms with Crippen molar-refractivity contribution < 1.29 is 17.6 Å². The van der Waals surface area contributed by atoms with E-state index in [0.29, 0.717) is 36.2 Å². The maximum Gasteiger partial charge on any atom is 0.389 e. The van der Waals surface area contributed by atoms with Crippen LogP contribution >= 0.6 is 15.9 Å². The van der Waals surface area contributed by atoms with Crippen molar-refractivity contribution in [2.24, 2.45) is 0 Å². The summed E-state index contributed by atoms with van der Waals surface area (Å²) in [6.45, 7) is 2.66. The quantitative estimate of drug-likeness (QED) is 0.811. The van der Waals surface area contributed by atoms with Crippen LogP contribution in [-0.2, 0) is 0 Å². The summed E-state index contributed by atoms with van der Waals surface area (Å²) < 4.78 is 52.3. The van der Waals surface area contributed by atoms with Crippen molar-refractivity contribution in [3.8, 4) is 0 Å². The summed E-state index contributed by atoms with van der Waals surface area (Å²) in [4.78, 5) is 1.93. The lowest BCUT2D eigenvalue weighted by Crippen LogP contribution is -2.45. The summed E-state index contributed by atoms with van der Waals surface area (Å²) in [7, 11) is 0. The van der Waals surface area contributed by atoms with Crippen LogP contribution in [0.5, 0.6) is 0 Å². The molecule has 0 saturated carbocycles. The number of benzene rings is 1. The topological polar surface area (TPSA) is 15.3 Å². The van der Waals surface area contributed by atoms with E-state index in [2.05, 4.69) is 21.2 Å². The molecule has 1 saturated heterocycles. The van der Waals surface area contributed by atoms with Crippen molar-refractivity contribution in [2.75, 3.05) is 26.2 Å². The second-order valence-electron chi connectivity index (χ2n) is 5.12. The molecule has 0 bridgehead atoms. The van der Waals surface area contributed by atoms with E-state index in [1.807, 2.05) is 4.90 Å². The fourth-order valence-electron chi connectivity index (χ4n) is 2.60. The molecule has 1 N–H and O–H groups in total. The average molecular weight is 369 g/mol. The third-order valence-electron chi connectivity index (χ3n) is 3.62. The molecule has 0 unspecified atom stereocenters. The van der Waals surface area contributed by atoms with Crippen molar-refractivity contribution >= 4 is 15.9 Å². The minimum atomic E-state index is -4.22. The average Bonchev–Trinajstić information content (AvgIpc) is 2.41. The van der Waals surface area contributed by atoms with E-state index in [1.165, 1.54) is 6.07 Å². The first-order valence-corrected chi connectivity index (χ1v) is 7.62. The van der Waals surface area contributed by atoms with Gasteiger partial charge in [-0.15, -0.1) is 0 Å². The smallest absolute Gasteiger partial charge is 0.314 e. The van der Waals surface area contributed by atoms with Gasteiger partial charge in [0.1, 0.15) is 5.82 Å². The Labute approximate surface area is 129 Å². The van der Waals surface area contributed by atoms with Crippen molar-refractivity contribution in [3.63, 3.8) is 0 Å². The van der Waals surface area contributed by atoms with E-state index < -0.39 is 24.5 Å². The maximum absolute atomic E-state index is 14.1. The molecule has 2 nitrogen and oxygen atoms in total. The number of nitrogens with zero attached hydrogens (tertiary/aromatic N) is 1. The monoisotopic (exact) mass is 368 g/mol. The van der Waals surface area contributed by atoms with Gasteiger partial charge in [-0.3, -0.25) is 4.90 Å². The van der Waals surface area contributed by atoms with Crippen LogP contribution in [0.15, 0.2) is 22.7 Å². The molecule has 1 aromatic rings. The SMILES string of the molecule is Fc1cc(Br)ccc1[C@@H](CCC(F)(F)F)N1CCNCC1. The summed E-state index contributed by atoms with van der Waals surface area (Å²) in [5, 5.41) is 3.15. The van der Waals surface area contributed by atoms with Crippen LogP contribution in [0.4, 0.5) is 17.6 Å². The highest BCUT2D eigenvalue weighted by molar-refractivity contribution is 9.10. The highest BCUT2D eigenvalue weighted by atomic mass is 79.9. The predicted octanol–water partition coefficient (Wildman–Crippen LogP) is 3.88. The Kier molecular flexibility index (Phi) is 5.62. The van der Waals surface area contributed by atoms with Crippen molar-refractivity contribution in [3.05, 3.63) is 34.1 Å². The first-order chi connectivity index (χ1) is 9.87. The number of rotatable bonds is 4. The second-order valence-corrected chi connectivity index (χ2v) is 6.04. The minimum absolute atomic E-state index is 0.123. The number of alkyl halides is 3. The molecule has 1 aromatic carbocycles. The summed E-state index contributed by atoms with van der Waals surface area (Å²) in [5.74, 6) is -0.463. The van der Waals surface area contributed by atoms with Crippen molar-refractivity contribution in [2.45, 2.75) is 25.1 Å². The zero-order valence-corrected chi connectivity index (χ0v) is 13.0. The third kappa shape index (κ3) is 4.93. The molecule has 1 aliphatic heterocycles. The van der Waals surface area contributed by atoms with Gasteiger partial charge in [0.15, 0.2) is 0 Å². The van der Waals surface area contributed by atoms with Crippen LogP contribution in [0, 0.1) is 5.82 Å². The van der Waals surface area contributed by atoms with Gasteiger partial charge in [0.2, 0.25) is 0 Å². The van der Waals surface area contributed by atoms with Crippen LogP contribution in [0.3, 0.4) is 0 Å². The first kappa shape index (κ1) is 16.7. The fraction of sp³-hybridized carbons (Fsp3) is 0.571. The lowest BCUT2D eigenvalue weighted by atomic mass is 9.98. The molecule has 1 atom stereocenters. The number of halogens is 5. The van der Waals surface area contributed by atoms with Crippen molar-refractivity contribution in [1.29, 1.82) is 0 Å². The molecule has 7 heteroatoms. The summed E-state index contributed by atoms with van der Waals surface area (Å²) in [6, 6.07) is 4.00. The highest BCUT2D eigenvalue weighted by Crippen LogP contribution is 2.33. The van der Waals surface area contributed by atoms with Crippen LogP contribution in [0.2, 0.25) is 0 Å². The molecule has 0 spiro atoms. The normalized spacial score (nSPS) is 18.7. The Balaban J connectivity index is 2.21. The molecule has 0 aliphatic carbocycles. The highest BCUT2D eigenvalue weighted by Gasteiger charge is 2.32. The fourth-order valence-corrected chi connectivity index (χ4v) is 2.93. The molecule has 1 fully saturated rings. The van der Waals surface area contributed by atoms with Gasteiger partial charge < -0.3 is 5.32 Å². The Hall–Kier alpha value is -0.660. The van der Waals surface area contributed by atoms with Gasteiger partial charge in [-0.1, -0.05) is 22.0 Å². The van der Waals surface area contributed by atoms with Gasteiger partial charge >= 0.3 is 6.18 Å². The van der Waals surface area contributed by atoms with Crippen LogP contribution in [0.25, 0.3) is 0 Å². The summed E-state index contributed by atoms with van der Waals surface area (Å²) >= 11 is 3.17. The Morgan fingerprint density at radius 2 is 1.90 bits per heavy atom. The molecule has 0 aromatic heterocycles. The molecule has 2 rings (SSSR count). The van der Waals surface area contributed by atoms with Gasteiger partial charge in [-0.05, 0) is 18.6 Å².